The van der Waals surface area contributed by atoms with Crippen molar-refractivity contribution in [3.05, 3.63) is 95.6 Å². The number of nitrogens with zero attached hydrogens (tertiary/aromatic N) is 2. The van der Waals surface area contributed by atoms with Crippen LogP contribution in [0.3, 0.4) is 0 Å². The molecule has 5 heteroatoms. The van der Waals surface area contributed by atoms with E-state index < -0.39 is 11.8 Å². The van der Waals surface area contributed by atoms with Gasteiger partial charge in [-0.2, -0.15) is 0 Å². The minimum atomic E-state index is -1.11. The molecule has 0 fully saturated rings. The average molecular weight is 431 g/mol. The Kier molecular flexibility index (Phi) is 7.21. The molecule has 1 heterocycles. The minimum Gasteiger partial charge on any atom is -0.478 e. The highest BCUT2D eigenvalue weighted by molar-refractivity contribution is 6.18. The van der Waals surface area contributed by atoms with Crippen molar-refractivity contribution in [2.45, 2.75) is 20.3 Å². The van der Waals surface area contributed by atoms with Gasteiger partial charge in [0.15, 0.2) is 0 Å². The zero-order chi connectivity index (χ0) is 23.3. The fraction of sp³-hybridized carbons (Fsp3) is 0.185. The number of anilines is 1. The van der Waals surface area contributed by atoms with E-state index in [9.17, 15) is 14.3 Å². The summed E-state index contributed by atoms with van der Waals surface area (Å²) < 4.78 is 13.8. The van der Waals surface area contributed by atoms with Gasteiger partial charge in [-0.15, -0.1) is 0 Å². The quantitative estimate of drug-likeness (QED) is 0.357. The summed E-state index contributed by atoms with van der Waals surface area (Å²) in [5.74, 6) is -1.58. The number of hydrogen-bond acceptors (Lipinski definition) is 3. The number of aliphatic carboxylic acids is 1. The third kappa shape index (κ3) is 5.30. The van der Waals surface area contributed by atoms with Crippen molar-refractivity contribution in [2.75, 3.05) is 19.0 Å². The molecule has 0 saturated heterocycles. The van der Waals surface area contributed by atoms with Crippen molar-refractivity contribution in [3.8, 4) is 11.1 Å². The molecule has 3 aromatic rings. The Labute approximate surface area is 188 Å². The number of allylic oxidation sites excluding steroid dienone is 3. The summed E-state index contributed by atoms with van der Waals surface area (Å²) >= 11 is 0. The van der Waals surface area contributed by atoms with Crippen LogP contribution in [0.15, 0.2) is 72.9 Å². The molecule has 0 saturated carbocycles. The molecule has 0 aliphatic rings. The molecule has 32 heavy (non-hydrogen) atoms. The molecule has 0 bridgehead atoms. The first-order chi connectivity index (χ1) is 15.3. The highest BCUT2D eigenvalue weighted by atomic mass is 19.1. The standard InChI is InChI=1S/C27H27FN2O2/c1-5-6-20(15-25(27(31)32)24-16-22(28)11-7-18(24)2)26-14-10-21(17-29-26)19-8-12-23(13-9-19)30(3)4/h6-17H,5H2,1-4H3,(H,31,32)/b20-6-,25-15+. The monoisotopic (exact) mass is 430 g/mol. The molecular weight excluding hydrogens is 403 g/mol. The summed E-state index contributed by atoms with van der Waals surface area (Å²) in [7, 11) is 3.99. The number of carboxylic acid groups (broad SMARTS) is 1. The summed E-state index contributed by atoms with van der Waals surface area (Å²) in [6, 6.07) is 16.2. The van der Waals surface area contributed by atoms with Crippen LogP contribution in [0, 0.1) is 12.7 Å². The number of aromatic nitrogens is 1. The first kappa shape index (κ1) is 22.9. The van der Waals surface area contributed by atoms with E-state index in [-0.39, 0.29) is 5.57 Å². The van der Waals surface area contributed by atoms with E-state index in [4.69, 9.17) is 0 Å². The molecule has 3 rings (SSSR count). The predicted octanol–water partition coefficient (Wildman–Crippen LogP) is 6.22. The van der Waals surface area contributed by atoms with Crippen LogP contribution in [0.1, 0.15) is 30.2 Å². The lowest BCUT2D eigenvalue weighted by molar-refractivity contribution is -0.130. The van der Waals surface area contributed by atoms with Gasteiger partial charge < -0.3 is 10.0 Å². The van der Waals surface area contributed by atoms with Crippen LogP contribution >= 0.6 is 0 Å². The number of carboxylic acids is 1. The van der Waals surface area contributed by atoms with E-state index in [1.165, 1.54) is 12.1 Å². The van der Waals surface area contributed by atoms with Crippen LogP contribution < -0.4 is 4.90 Å². The Morgan fingerprint density at radius 2 is 1.75 bits per heavy atom. The predicted molar refractivity (Wildman–Crippen MR) is 129 cm³/mol. The van der Waals surface area contributed by atoms with Gasteiger partial charge in [0.25, 0.3) is 0 Å². The van der Waals surface area contributed by atoms with Gasteiger partial charge in [0.1, 0.15) is 5.82 Å². The van der Waals surface area contributed by atoms with Gasteiger partial charge in [0.2, 0.25) is 0 Å². The molecule has 0 atom stereocenters. The third-order valence-electron chi connectivity index (χ3n) is 5.22. The van der Waals surface area contributed by atoms with E-state index >= 15 is 0 Å². The van der Waals surface area contributed by atoms with Crippen molar-refractivity contribution >= 4 is 22.8 Å². The second-order valence-corrected chi connectivity index (χ2v) is 7.76. The highest BCUT2D eigenvalue weighted by Gasteiger charge is 2.15. The van der Waals surface area contributed by atoms with Gasteiger partial charge >= 0.3 is 5.97 Å². The second kappa shape index (κ2) is 10.1. The molecule has 1 N–H and O–H groups in total. The van der Waals surface area contributed by atoms with Crippen molar-refractivity contribution in [1.29, 1.82) is 0 Å². The molecule has 1 aromatic heterocycles. The third-order valence-corrected chi connectivity index (χ3v) is 5.22. The summed E-state index contributed by atoms with van der Waals surface area (Å²) in [6.45, 7) is 3.74. The van der Waals surface area contributed by atoms with Gasteiger partial charge in [-0.25, -0.2) is 9.18 Å². The summed E-state index contributed by atoms with van der Waals surface area (Å²) in [5.41, 5.74) is 5.57. The Bertz CT molecular complexity index is 1160. The molecule has 2 aromatic carbocycles. The normalized spacial score (nSPS) is 12.0. The van der Waals surface area contributed by atoms with Crippen molar-refractivity contribution in [2.24, 2.45) is 0 Å². The average Bonchev–Trinajstić information content (AvgIpc) is 2.78. The molecule has 4 nitrogen and oxygen atoms in total. The van der Waals surface area contributed by atoms with Crippen LogP contribution in [0.2, 0.25) is 0 Å². The summed E-state index contributed by atoms with van der Waals surface area (Å²) in [4.78, 5) is 18.6. The first-order valence-corrected chi connectivity index (χ1v) is 10.5. The van der Waals surface area contributed by atoms with E-state index in [1.54, 1.807) is 25.3 Å². The maximum Gasteiger partial charge on any atom is 0.336 e. The maximum absolute atomic E-state index is 13.8. The van der Waals surface area contributed by atoms with Gasteiger partial charge in [-0.1, -0.05) is 37.3 Å². The molecule has 0 aliphatic heterocycles. The van der Waals surface area contributed by atoms with Crippen LogP contribution in [0.5, 0.6) is 0 Å². The smallest absolute Gasteiger partial charge is 0.336 e. The Hall–Kier alpha value is -3.73. The highest BCUT2D eigenvalue weighted by Crippen LogP contribution is 2.27. The largest absolute Gasteiger partial charge is 0.478 e. The van der Waals surface area contributed by atoms with Gasteiger partial charge in [0, 0.05) is 31.5 Å². The van der Waals surface area contributed by atoms with Crippen LogP contribution in [-0.2, 0) is 4.79 Å². The van der Waals surface area contributed by atoms with Gasteiger partial charge in [-0.05, 0) is 72.0 Å². The molecule has 0 radical (unpaired) electrons. The van der Waals surface area contributed by atoms with Crippen LogP contribution in [0.4, 0.5) is 10.1 Å². The number of benzene rings is 2. The fourth-order valence-corrected chi connectivity index (χ4v) is 3.44. The van der Waals surface area contributed by atoms with Gasteiger partial charge in [0.05, 0.1) is 11.3 Å². The molecule has 0 spiro atoms. The van der Waals surface area contributed by atoms with E-state index in [2.05, 4.69) is 17.1 Å². The number of hydrogen-bond donors (Lipinski definition) is 1. The SMILES string of the molecule is CC/C=C(/C=C(/C(=O)O)c1cc(F)ccc1C)c1ccc(-c2ccc(N(C)C)cc2)cn1. The lowest BCUT2D eigenvalue weighted by atomic mass is 9.96. The lowest BCUT2D eigenvalue weighted by Crippen LogP contribution is -2.07. The van der Waals surface area contributed by atoms with Crippen LogP contribution in [0.25, 0.3) is 22.3 Å². The lowest BCUT2D eigenvalue weighted by Gasteiger charge is -2.13. The number of aryl methyl sites for hydroxylation is 1. The maximum atomic E-state index is 13.8. The minimum absolute atomic E-state index is 0.0341. The molecule has 0 aliphatic carbocycles. The molecule has 0 unspecified atom stereocenters. The topological polar surface area (TPSA) is 53.4 Å². The summed E-state index contributed by atoms with van der Waals surface area (Å²) in [6.07, 6.45) is 5.98. The van der Waals surface area contributed by atoms with E-state index in [0.717, 1.165) is 16.8 Å². The van der Waals surface area contributed by atoms with Crippen molar-refractivity contribution < 1.29 is 14.3 Å². The Balaban J connectivity index is 1.98. The van der Waals surface area contributed by atoms with Gasteiger partial charge in [-0.3, -0.25) is 4.98 Å². The van der Waals surface area contributed by atoms with Crippen molar-refractivity contribution in [1.82, 2.24) is 4.98 Å². The fourth-order valence-electron chi connectivity index (χ4n) is 3.44. The molecular formula is C27H27FN2O2. The molecule has 0 amide bonds. The van der Waals surface area contributed by atoms with E-state index in [0.29, 0.717) is 28.8 Å². The van der Waals surface area contributed by atoms with Crippen LogP contribution in [-0.4, -0.2) is 30.2 Å². The summed E-state index contributed by atoms with van der Waals surface area (Å²) in [5, 5.41) is 9.82. The Morgan fingerprint density at radius 1 is 1.06 bits per heavy atom. The number of pyridine rings is 1. The second-order valence-electron chi connectivity index (χ2n) is 7.76. The number of rotatable bonds is 7. The van der Waals surface area contributed by atoms with E-state index in [1.807, 2.05) is 56.3 Å². The first-order valence-electron chi connectivity index (χ1n) is 10.5. The zero-order valence-electron chi connectivity index (χ0n) is 18.8. The number of carbonyl (C=O) groups is 1. The zero-order valence-corrected chi connectivity index (χ0v) is 18.8. The Morgan fingerprint density at radius 3 is 2.31 bits per heavy atom. The van der Waals surface area contributed by atoms with Crippen molar-refractivity contribution in [3.63, 3.8) is 0 Å². The molecule has 164 valence electrons. The number of halogens is 1.